The van der Waals surface area contributed by atoms with Crippen molar-refractivity contribution in [2.45, 2.75) is 18.3 Å². The second kappa shape index (κ2) is 6.28. The van der Waals surface area contributed by atoms with Crippen molar-refractivity contribution < 1.29 is 9.13 Å². The summed E-state index contributed by atoms with van der Waals surface area (Å²) in [6.07, 6.45) is 2.09. The molecule has 0 aliphatic heterocycles. The average Bonchev–Trinajstić information content (AvgIpc) is 3.35. The molecule has 120 valence electrons. The monoisotopic (exact) mass is 313 g/mol. The van der Waals surface area contributed by atoms with Crippen LogP contribution in [-0.4, -0.2) is 19.6 Å². The van der Waals surface area contributed by atoms with Gasteiger partial charge in [-0.1, -0.05) is 24.3 Å². The predicted molar refractivity (Wildman–Crippen MR) is 90.4 cm³/mol. The van der Waals surface area contributed by atoms with Crippen LogP contribution in [0.1, 0.15) is 18.4 Å². The van der Waals surface area contributed by atoms with Crippen molar-refractivity contribution in [2.24, 2.45) is 10.7 Å². The van der Waals surface area contributed by atoms with Gasteiger partial charge in [-0.25, -0.2) is 4.39 Å². The second-order valence-electron chi connectivity index (χ2n) is 5.81. The molecule has 2 aromatic carbocycles. The summed E-state index contributed by atoms with van der Waals surface area (Å²) in [6, 6.07) is 14.2. The fraction of sp³-hybridized carbons (Fsp3) is 0.278. The Balaban J connectivity index is 1.68. The van der Waals surface area contributed by atoms with Crippen LogP contribution in [0.2, 0.25) is 0 Å². The van der Waals surface area contributed by atoms with Crippen molar-refractivity contribution in [3.63, 3.8) is 0 Å². The van der Waals surface area contributed by atoms with E-state index in [9.17, 15) is 4.39 Å². The number of rotatable bonds is 5. The molecular formula is C18H20FN3O. The lowest BCUT2D eigenvalue weighted by Gasteiger charge is -2.14. The first-order chi connectivity index (χ1) is 11.1. The van der Waals surface area contributed by atoms with Gasteiger partial charge >= 0.3 is 0 Å². The molecule has 0 heterocycles. The molecule has 1 aliphatic rings. The number of benzene rings is 2. The van der Waals surface area contributed by atoms with Crippen molar-refractivity contribution in [1.29, 1.82) is 0 Å². The molecule has 0 atom stereocenters. The van der Waals surface area contributed by atoms with E-state index in [4.69, 9.17) is 10.5 Å². The number of methoxy groups -OCH3 is 1. The fourth-order valence-corrected chi connectivity index (χ4v) is 2.65. The Labute approximate surface area is 135 Å². The molecule has 0 unspecified atom stereocenters. The topological polar surface area (TPSA) is 59.6 Å². The van der Waals surface area contributed by atoms with Gasteiger partial charge in [-0.3, -0.25) is 4.99 Å². The minimum atomic E-state index is -0.217. The Morgan fingerprint density at radius 2 is 1.91 bits per heavy atom. The SMILES string of the molecule is COc1ccccc1NC(N)=NCC1(c2ccc(F)cc2)CC1. The van der Waals surface area contributed by atoms with Crippen molar-refractivity contribution in [2.75, 3.05) is 19.0 Å². The van der Waals surface area contributed by atoms with Crippen molar-refractivity contribution in [3.8, 4) is 5.75 Å². The molecule has 0 bridgehead atoms. The predicted octanol–water partition coefficient (Wildman–Crippen LogP) is 3.29. The van der Waals surface area contributed by atoms with Crippen LogP contribution in [-0.2, 0) is 5.41 Å². The minimum Gasteiger partial charge on any atom is -0.495 e. The van der Waals surface area contributed by atoms with Gasteiger partial charge in [0.25, 0.3) is 0 Å². The van der Waals surface area contributed by atoms with Crippen molar-refractivity contribution in [3.05, 3.63) is 59.9 Å². The number of nitrogens with one attached hydrogen (secondary N) is 1. The number of hydrogen-bond acceptors (Lipinski definition) is 2. The zero-order valence-corrected chi connectivity index (χ0v) is 13.1. The van der Waals surface area contributed by atoms with Crippen LogP contribution in [0.25, 0.3) is 0 Å². The zero-order chi connectivity index (χ0) is 16.3. The number of guanidine groups is 1. The van der Waals surface area contributed by atoms with Crippen LogP contribution < -0.4 is 15.8 Å². The number of ether oxygens (including phenoxy) is 1. The highest BCUT2D eigenvalue weighted by molar-refractivity contribution is 5.93. The van der Waals surface area contributed by atoms with Gasteiger partial charge in [-0.15, -0.1) is 0 Å². The van der Waals surface area contributed by atoms with Crippen LogP contribution in [0.4, 0.5) is 10.1 Å². The maximum absolute atomic E-state index is 13.1. The summed E-state index contributed by atoms with van der Waals surface area (Å²) in [5, 5.41) is 3.07. The minimum absolute atomic E-state index is 0.000768. The van der Waals surface area contributed by atoms with E-state index in [-0.39, 0.29) is 11.2 Å². The number of nitrogens with zero attached hydrogens (tertiary/aromatic N) is 1. The molecule has 0 saturated heterocycles. The Morgan fingerprint density at radius 3 is 2.57 bits per heavy atom. The summed E-state index contributed by atoms with van der Waals surface area (Å²) >= 11 is 0. The first kappa shape index (κ1) is 15.3. The summed E-state index contributed by atoms with van der Waals surface area (Å²) in [5.74, 6) is 0.846. The second-order valence-corrected chi connectivity index (χ2v) is 5.81. The highest BCUT2D eigenvalue weighted by Crippen LogP contribution is 2.48. The van der Waals surface area contributed by atoms with Crippen molar-refractivity contribution in [1.82, 2.24) is 0 Å². The van der Waals surface area contributed by atoms with E-state index in [1.807, 2.05) is 36.4 Å². The molecule has 1 saturated carbocycles. The highest BCUT2D eigenvalue weighted by Gasteiger charge is 2.44. The highest BCUT2D eigenvalue weighted by atomic mass is 19.1. The Bertz CT molecular complexity index is 708. The lowest BCUT2D eigenvalue weighted by molar-refractivity contribution is 0.417. The Morgan fingerprint density at radius 1 is 1.22 bits per heavy atom. The number of nitrogens with two attached hydrogens (primary N) is 1. The standard InChI is InChI=1S/C18H20FN3O/c1-23-16-5-3-2-4-15(16)22-17(20)21-12-18(10-11-18)13-6-8-14(19)9-7-13/h2-9H,10-12H2,1H3,(H3,20,21,22). The largest absolute Gasteiger partial charge is 0.495 e. The van der Waals surface area contributed by atoms with Crippen LogP contribution in [0.15, 0.2) is 53.5 Å². The van der Waals surface area contributed by atoms with Gasteiger partial charge < -0.3 is 15.8 Å². The molecule has 2 aromatic rings. The quantitative estimate of drug-likeness (QED) is 0.658. The first-order valence-corrected chi connectivity index (χ1v) is 7.59. The average molecular weight is 313 g/mol. The van der Waals surface area contributed by atoms with Crippen LogP contribution >= 0.6 is 0 Å². The fourth-order valence-electron chi connectivity index (χ4n) is 2.65. The number of halogens is 1. The van der Waals surface area contributed by atoms with Crippen LogP contribution in [0, 0.1) is 5.82 Å². The normalized spacial score (nSPS) is 16.0. The lowest BCUT2D eigenvalue weighted by atomic mass is 9.96. The van der Waals surface area contributed by atoms with Gasteiger partial charge in [0.1, 0.15) is 11.6 Å². The van der Waals surface area contributed by atoms with Gasteiger partial charge in [0.05, 0.1) is 19.3 Å². The third kappa shape index (κ3) is 3.44. The maximum Gasteiger partial charge on any atom is 0.193 e. The molecular weight excluding hydrogens is 293 g/mol. The smallest absolute Gasteiger partial charge is 0.193 e. The molecule has 3 rings (SSSR count). The first-order valence-electron chi connectivity index (χ1n) is 7.59. The molecule has 1 aliphatic carbocycles. The van der Waals surface area contributed by atoms with E-state index in [1.165, 1.54) is 12.1 Å². The van der Waals surface area contributed by atoms with E-state index in [0.29, 0.717) is 18.3 Å². The number of para-hydroxylation sites is 2. The van der Waals surface area contributed by atoms with Crippen molar-refractivity contribution >= 4 is 11.6 Å². The molecule has 1 fully saturated rings. The van der Waals surface area contributed by atoms with Gasteiger partial charge in [0, 0.05) is 5.41 Å². The molecule has 0 aromatic heterocycles. The summed E-state index contributed by atoms with van der Waals surface area (Å²) < 4.78 is 18.3. The molecule has 0 amide bonds. The Hall–Kier alpha value is -2.56. The van der Waals surface area contributed by atoms with Gasteiger partial charge in [0.2, 0.25) is 0 Å². The maximum atomic E-state index is 13.1. The number of hydrogen-bond donors (Lipinski definition) is 2. The molecule has 0 spiro atoms. The molecule has 4 nitrogen and oxygen atoms in total. The van der Waals surface area contributed by atoms with Gasteiger partial charge in [0.15, 0.2) is 5.96 Å². The third-order valence-electron chi connectivity index (χ3n) is 4.23. The van der Waals surface area contributed by atoms with E-state index < -0.39 is 0 Å². The van der Waals surface area contributed by atoms with E-state index in [0.717, 1.165) is 24.1 Å². The van der Waals surface area contributed by atoms with Crippen LogP contribution in [0.3, 0.4) is 0 Å². The van der Waals surface area contributed by atoms with E-state index in [1.54, 1.807) is 7.11 Å². The molecule has 23 heavy (non-hydrogen) atoms. The zero-order valence-electron chi connectivity index (χ0n) is 13.1. The third-order valence-corrected chi connectivity index (χ3v) is 4.23. The molecule has 3 N–H and O–H groups in total. The lowest BCUT2D eigenvalue weighted by Crippen LogP contribution is -2.25. The summed E-state index contributed by atoms with van der Waals surface area (Å²) in [4.78, 5) is 4.46. The summed E-state index contributed by atoms with van der Waals surface area (Å²) in [6.45, 7) is 0.590. The van der Waals surface area contributed by atoms with Crippen LogP contribution in [0.5, 0.6) is 5.75 Å². The Kier molecular flexibility index (Phi) is 4.19. The number of anilines is 1. The summed E-state index contributed by atoms with van der Waals surface area (Å²) in [7, 11) is 1.61. The molecule has 5 heteroatoms. The molecule has 0 radical (unpaired) electrons. The number of aliphatic imine (C=N–C) groups is 1. The van der Waals surface area contributed by atoms with Gasteiger partial charge in [-0.2, -0.15) is 0 Å². The van der Waals surface area contributed by atoms with E-state index >= 15 is 0 Å². The van der Waals surface area contributed by atoms with Gasteiger partial charge in [-0.05, 0) is 42.7 Å². The summed E-state index contributed by atoms with van der Waals surface area (Å²) in [5.41, 5.74) is 7.89. The van der Waals surface area contributed by atoms with E-state index in [2.05, 4.69) is 10.3 Å².